The molecule has 0 fully saturated rings. The summed E-state index contributed by atoms with van der Waals surface area (Å²) in [5.41, 5.74) is 3.05. The lowest BCUT2D eigenvalue weighted by Gasteiger charge is -2.12. The zero-order chi connectivity index (χ0) is 25.8. The Kier molecular flexibility index (Phi) is 10.1. The third-order valence-corrected chi connectivity index (χ3v) is 5.84. The fourth-order valence-electron chi connectivity index (χ4n) is 3.11. The third kappa shape index (κ3) is 8.60. The summed E-state index contributed by atoms with van der Waals surface area (Å²) in [7, 11) is 0. The van der Waals surface area contributed by atoms with E-state index in [2.05, 4.69) is 10.6 Å². The van der Waals surface area contributed by atoms with Crippen molar-refractivity contribution in [2.45, 2.75) is 18.7 Å². The van der Waals surface area contributed by atoms with Gasteiger partial charge in [-0.3, -0.25) is 9.59 Å². The first-order valence-electron chi connectivity index (χ1n) is 11.5. The van der Waals surface area contributed by atoms with Crippen molar-refractivity contribution in [1.82, 2.24) is 5.32 Å². The molecular formula is C29H28N2O4S. The first-order valence-corrected chi connectivity index (χ1v) is 12.5. The number of aryl methyl sites for hydroxylation is 1. The normalized spacial score (nSPS) is 11.2. The largest absolute Gasteiger partial charge is 0.463 e. The molecule has 3 aromatic rings. The molecule has 0 radical (unpaired) electrons. The summed E-state index contributed by atoms with van der Waals surface area (Å²) in [5, 5.41) is 5.61. The van der Waals surface area contributed by atoms with Gasteiger partial charge in [0, 0.05) is 28.0 Å². The number of anilines is 1. The predicted molar refractivity (Wildman–Crippen MR) is 145 cm³/mol. The lowest BCUT2D eigenvalue weighted by Crippen LogP contribution is -2.30. The van der Waals surface area contributed by atoms with E-state index < -0.39 is 5.91 Å². The van der Waals surface area contributed by atoms with Crippen LogP contribution in [0.15, 0.2) is 102 Å². The highest BCUT2D eigenvalue weighted by atomic mass is 32.2. The molecule has 0 bridgehead atoms. The number of esters is 1. The van der Waals surface area contributed by atoms with Crippen molar-refractivity contribution in [3.63, 3.8) is 0 Å². The van der Waals surface area contributed by atoms with Crippen molar-refractivity contribution >= 4 is 41.3 Å². The van der Waals surface area contributed by atoms with Gasteiger partial charge in [0.05, 0.1) is 6.61 Å². The molecule has 0 aromatic heterocycles. The average Bonchev–Trinajstić information content (AvgIpc) is 2.88. The van der Waals surface area contributed by atoms with Crippen LogP contribution in [0.4, 0.5) is 5.69 Å². The van der Waals surface area contributed by atoms with E-state index in [0.29, 0.717) is 23.6 Å². The maximum Gasteiger partial charge on any atom is 0.330 e. The molecule has 0 aliphatic carbocycles. The van der Waals surface area contributed by atoms with Gasteiger partial charge in [0.15, 0.2) is 0 Å². The summed E-state index contributed by atoms with van der Waals surface area (Å²) in [5.74, 6) is -0.613. The standard InChI is InChI=1S/C29H28N2O4S/c1-3-35-27(32)13-8-18-36-25-12-7-11-24(20-25)30-29(34)26(19-22-16-14-21(2)15-17-22)31-28(33)23-9-5-4-6-10-23/h4-17,19-20H,3,18H2,1-2H3,(H,30,34)(H,31,33)/b13-8+,26-19+. The maximum atomic E-state index is 13.2. The van der Waals surface area contributed by atoms with Gasteiger partial charge in [0.2, 0.25) is 0 Å². The molecular weight excluding hydrogens is 472 g/mol. The van der Waals surface area contributed by atoms with Gasteiger partial charge in [-0.05, 0) is 55.8 Å². The molecule has 2 amide bonds. The first kappa shape index (κ1) is 26.5. The maximum absolute atomic E-state index is 13.2. The molecule has 0 spiro atoms. The molecule has 6 nitrogen and oxygen atoms in total. The van der Waals surface area contributed by atoms with Crippen LogP contribution >= 0.6 is 11.8 Å². The summed E-state index contributed by atoms with van der Waals surface area (Å²) in [6.07, 6.45) is 4.78. The van der Waals surface area contributed by atoms with Crippen LogP contribution in [-0.2, 0) is 14.3 Å². The summed E-state index contributed by atoms with van der Waals surface area (Å²) in [6, 6.07) is 23.8. The minimum Gasteiger partial charge on any atom is -0.463 e. The molecule has 184 valence electrons. The number of hydrogen-bond acceptors (Lipinski definition) is 5. The average molecular weight is 501 g/mol. The number of ether oxygens (including phenoxy) is 1. The number of amides is 2. The van der Waals surface area contributed by atoms with E-state index in [1.807, 2.05) is 55.5 Å². The Hall–Kier alpha value is -4.10. The third-order valence-electron chi connectivity index (χ3n) is 4.90. The highest BCUT2D eigenvalue weighted by Crippen LogP contribution is 2.22. The minimum absolute atomic E-state index is 0.128. The van der Waals surface area contributed by atoms with Crippen LogP contribution < -0.4 is 10.6 Å². The minimum atomic E-state index is -0.441. The number of benzene rings is 3. The van der Waals surface area contributed by atoms with Crippen molar-refractivity contribution in [2.24, 2.45) is 0 Å². The molecule has 2 N–H and O–H groups in total. The van der Waals surface area contributed by atoms with Crippen molar-refractivity contribution in [1.29, 1.82) is 0 Å². The number of carbonyl (C=O) groups excluding carboxylic acids is 3. The molecule has 0 heterocycles. The lowest BCUT2D eigenvalue weighted by atomic mass is 10.1. The zero-order valence-electron chi connectivity index (χ0n) is 20.2. The van der Waals surface area contributed by atoms with E-state index in [9.17, 15) is 14.4 Å². The van der Waals surface area contributed by atoms with Gasteiger partial charge in [-0.2, -0.15) is 0 Å². The molecule has 0 aliphatic rings. The summed E-state index contributed by atoms with van der Waals surface area (Å²) < 4.78 is 4.87. The molecule has 0 aliphatic heterocycles. The number of nitrogens with one attached hydrogen (secondary N) is 2. The smallest absolute Gasteiger partial charge is 0.330 e. The molecule has 0 saturated heterocycles. The topological polar surface area (TPSA) is 84.5 Å². The Bertz CT molecular complexity index is 1250. The van der Waals surface area contributed by atoms with E-state index in [-0.39, 0.29) is 17.6 Å². The van der Waals surface area contributed by atoms with E-state index in [4.69, 9.17) is 4.74 Å². The predicted octanol–water partition coefficient (Wildman–Crippen LogP) is 5.62. The van der Waals surface area contributed by atoms with E-state index >= 15 is 0 Å². The van der Waals surface area contributed by atoms with Crippen LogP contribution in [0.2, 0.25) is 0 Å². The molecule has 0 saturated carbocycles. The van der Waals surface area contributed by atoms with Gasteiger partial charge in [-0.25, -0.2) is 4.79 Å². The number of thioether (sulfide) groups is 1. The van der Waals surface area contributed by atoms with Crippen molar-refractivity contribution < 1.29 is 19.1 Å². The van der Waals surface area contributed by atoms with Crippen molar-refractivity contribution in [3.8, 4) is 0 Å². The van der Waals surface area contributed by atoms with Gasteiger partial charge in [-0.1, -0.05) is 60.2 Å². The van der Waals surface area contributed by atoms with Crippen LogP contribution in [0.1, 0.15) is 28.4 Å². The van der Waals surface area contributed by atoms with Crippen LogP contribution in [0, 0.1) is 6.92 Å². The second-order valence-corrected chi connectivity index (χ2v) is 8.83. The second-order valence-electron chi connectivity index (χ2n) is 7.74. The highest BCUT2D eigenvalue weighted by molar-refractivity contribution is 7.99. The summed E-state index contributed by atoms with van der Waals surface area (Å²) in [6.45, 7) is 4.08. The molecule has 36 heavy (non-hydrogen) atoms. The monoisotopic (exact) mass is 500 g/mol. The fourth-order valence-corrected chi connectivity index (χ4v) is 3.88. The Labute approximate surface area is 215 Å². The molecule has 0 atom stereocenters. The SMILES string of the molecule is CCOC(=O)/C=C/CSc1cccc(NC(=O)/C(=C\c2ccc(C)cc2)NC(=O)c2ccccc2)c1. The Morgan fingerprint density at radius 2 is 1.69 bits per heavy atom. The Balaban J connectivity index is 1.73. The molecule has 7 heteroatoms. The van der Waals surface area contributed by atoms with Gasteiger partial charge in [0.1, 0.15) is 5.70 Å². The van der Waals surface area contributed by atoms with Crippen molar-refractivity contribution in [3.05, 3.63) is 113 Å². The van der Waals surface area contributed by atoms with Gasteiger partial charge < -0.3 is 15.4 Å². The fraction of sp³-hybridized carbons (Fsp3) is 0.138. The van der Waals surface area contributed by atoms with Crippen LogP contribution in [0.5, 0.6) is 0 Å². The molecule has 3 aromatic carbocycles. The van der Waals surface area contributed by atoms with Gasteiger partial charge in [0.25, 0.3) is 11.8 Å². The number of rotatable bonds is 10. The Morgan fingerprint density at radius 1 is 0.944 bits per heavy atom. The quantitative estimate of drug-likeness (QED) is 0.215. The second kappa shape index (κ2) is 13.7. The van der Waals surface area contributed by atoms with Gasteiger partial charge >= 0.3 is 5.97 Å². The van der Waals surface area contributed by atoms with Gasteiger partial charge in [-0.15, -0.1) is 11.8 Å². The van der Waals surface area contributed by atoms with Crippen LogP contribution in [0.25, 0.3) is 6.08 Å². The van der Waals surface area contributed by atoms with Crippen LogP contribution in [-0.4, -0.2) is 30.1 Å². The van der Waals surface area contributed by atoms with Crippen molar-refractivity contribution in [2.75, 3.05) is 17.7 Å². The highest BCUT2D eigenvalue weighted by Gasteiger charge is 2.15. The molecule has 3 rings (SSSR count). The number of carbonyl (C=O) groups is 3. The molecule has 0 unspecified atom stereocenters. The summed E-state index contributed by atoms with van der Waals surface area (Å²) >= 11 is 1.51. The number of hydrogen-bond donors (Lipinski definition) is 2. The van der Waals surface area contributed by atoms with E-state index in [0.717, 1.165) is 16.0 Å². The summed E-state index contributed by atoms with van der Waals surface area (Å²) in [4.78, 5) is 38.3. The Morgan fingerprint density at radius 3 is 2.42 bits per heavy atom. The lowest BCUT2D eigenvalue weighted by molar-refractivity contribution is -0.137. The zero-order valence-corrected chi connectivity index (χ0v) is 21.0. The van der Waals surface area contributed by atoms with E-state index in [1.54, 1.807) is 49.4 Å². The van der Waals surface area contributed by atoms with Crippen LogP contribution in [0.3, 0.4) is 0 Å². The first-order chi connectivity index (χ1) is 17.4. The van der Waals surface area contributed by atoms with E-state index in [1.165, 1.54) is 17.8 Å².